The summed E-state index contributed by atoms with van der Waals surface area (Å²) in [5.74, 6) is -0.209. The van der Waals surface area contributed by atoms with Crippen LogP contribution < -0.4 is 0 Å². The van der Waals surface area contributed by atoms with E-state index in [4.69, 9.17) is 11.6 Å². The van der Waals surface area contributed by atoms with Gasteiger partial charge in [-0.2, -0.15) is 0 Å². The molecule has 0 aromatic heterocycles. The first-order valence-electron chi connectivity index (χ1n) is 4.15. The lowest BCUT2D eigenvalue weighted by Crippen LogP contribution is -1.89. The van der Waals surface area contributed by atoms with E-state index in [9.17, 15) is 9.18 Å². The van der Waals surface area contributed by atoms with Gasteiger partial charge in [-0.05, 0) is 60.3 Å². The molecule has 0 fully saturated rings. The molecule has 3 heteroatoms. The van der Waals surface area contributed by atoms with E-state index in [2.05, 4.69) is 0 Å². The van der Waals surface area contributed by atoms with Crippen LogP contribution in [0.25, 0.3) is 6.08 Å². The summed E-state index contributed by atoms with van der Waals surface area (Å²) >= 11 is 5.14. The molecule has 0 aliphatic heterocycles. The third-order valence-electron chi connectivity index (χ3n) is 1.87. The van der Waals surface area contributed by atoms with Gasteiger partial charge in [-0.15, -0.1) is 0 Å². The second-order valence-electron chi connectivity index (χ2n) is 3.11. The molecular weight excluding hydrogens is 203 g/mol. The molecule has 0 aliphatic carbocycles. The maximum absolute atomic E-state index is 13.2. The predicted octanol–water partition coefficient (Wildman–Crippen LogP) is 3.22. The van der Waals surface area contributed by atoms with Crippen molar-refractivity contribution in [2.24, 2.45) is 0 Å². The Hall–Kier alpha value is -1.15. The average molecular weight is 213 g/mol. The van der Waals surface area contributed by atoms with E-state index in [0.29, 0.717) is 11.1 Å². The SMILES string of the molecule is Cc1cc(/C=C/C(=O)Cl)cc(C)c1F. The van der Waals surface area contributed by atoms with Gasteiger partial charge < -0.3 is 0 Å². The Morgan fingerprint density at radius 2 is 1.86 bits per heavy atom. The minimum absolute atomic E-state index is 0.209. The molecule has 0 N–H and O–H groups in total. The lowest BCUT2D eigenvalue weighted by molar-refractivity contribution is -0.107. The normalized spacial score (nSPS) is 10.9. The smallest absolute Gasteiger partial charge is 0.245 e. The summed E-state index contributed by atoms with van der Waals surface area (Å²) in [6, 6.07) is 3.33. The van der Waals surface area contributed by atoms with Gasteiger partial charge in [0.1, 0.15) is 5.82 Å². The third-order valence-corrected chi connectivity index (χ3v) is 1.99. The van der Waals surface area contributed by atoms with Crippen LogP contribution in [0, 0.1) is 19.7 Å². The predicted molar refractivity (Wildman–Crippen MR) is 55.8 cm³/mol. The van der Waals surface area contributed by atoms with Crippen LogP contribution >= 0.6 is 11.6 Å². The van der Waals surface area contributed by atoms with Crippen LogP contribution in [0.2, 0.25) is 0 Å². The Kier molecular flexibility index (Phi) is 3.42. The molecule has 0 aliphatic rings. The van der Waals surface area contributed by atoms with Gasteiger partial charge in [0.05, 0.1) is 0 Å². The second kappa shape index (κ2) is 4.38. The minimum atomic E-state index is -0.537. The molecule has 0 bridgehead atoms. The first-order valence-corrected chi connectivity index (χ1v) is 4.53. The van der Waals surface area contributed by atoms with Crippen LogP contribution in [0.3, 0.4) is 0 Å². The number of hydrogen-bond acceptors (Lipinski definition) is 1. The highest BCUT2D eigenvalue weighted by atomic mass is 35.5. The molecule has 0 heterocycles. The van der Waals surface area contributed by atoms with E-state index in [-0.39, 0.29) is 5.82 Å². The van der Waals surface area contributed by atoms with E-state index >= 15 is 0 Å². The zero-order valence-electron chi connectivity index (χ0n) is 7.97. The summed E-state index contributed by atoms with van der Waals surface area (Å²) < 4.78 is 13.2. The van der Waals surface area contributed by atoms with Crippen LogP contribution in [0.15, 0.2) is 18.2 Å². The van der Waals surface area contributed by atoms with Crippen LogP contribution in [0.5, 0.6) is 0 Å². The van der Waals surface area contributed by atoms with E-state index in [1.165, 1.54) is 6.08 Å². The summed E-state index contributed by atoms with van der Waals surface area (Å²) in [6.07, 6.45) is 2.81. The molecule has 0 spiro atoms. The molecule has 0 atom stereocenters. The number of carbonyl (C=O) groups excluding carboxylic acids is 1. The Morgan fingerprint density at radius 3 is 2.29 bits per heavy atom. The van der Waals surface area contributed by atoms with Crippen molar-refractivity contribution in [3.8, 4) is 0 Å². The Morgan fingerprint density at radius 1 is 1.36 bits per heavy atom. The molecule has 0 amide bonds. The minimum Gasteiger partial charge on any atom is -0.276 e. The van der Waals surface area contributed by atoms with Gasteiger partial charge in [-0.3, -0.25) is 4.79 Å². The van der Waals surface area contributed by atoms with Crippen molar-refractivity contribution >= 4 is 22.9 Å². The molecule has 0 radical (unpaired) electrons. The van der Waals surface area contributed by atoms with Crippen molar-refractivity contribution in [2.75, 3.05) is 0 Å². The van der Waals surface area contributed by atoms with Gasteiger partial charge in [0.2, 0.25) is 5.24 Å². The van der Waals surface area contributed by atoms with E-state index in [1.807, 2.05) is 0 Å². The lowest BCUT2D eigenvalue weighted by atomic mass is 10.1. The van der Waals surface area contributed by atoms with Crippen molar-refractivity contribution in [1.82, 2.24) is 0 Å². The molecule has 1 aromatic rings. The highest BCUT2D eigenvalue weighted by Gasteiger charge is 2.02. The average Bonchev–Trinajstić information content (AvgIpc) is 2.10. The van der Waals surface area contributed by atoms with Crippen molar-refractivity contribution in [3.63, 3.8) is 0 Å². The maximum atomic E-state index is 13.2. The summed E-state index contributed by atoms with van der Waals surface area (Å²) in [4.78, 5) is 10.5. The molecule has 0 saturated heterocycles. The van der Waals surface area contributed by atoms with Gasteiger partial charge in [0.15, 0.2) is 0 Å². The lowest BCUT2D eigenvalue weighted by Gasteiger charge is -2.02. The maximum Gasteiger partial charge on any atom is 0.245 e. The topological polar surface area (TPSA) is 17.1 Å². The Labute approximate surface area is 87.2 Å². The number of rotatable bonds is 2. The molecular formula is C11H10ClFO. The van der Waals surface area contributed by atoms with Crippen molar-refractivity contribution in [3.05, 3.63) is 40.7 Å². The van der Waals surface area contributed by atoms with Crippen LogP contribution in [0.1, 0.15) is 16.7 Å². The monoisotopic (exact) mass is 212 g/mol. The Balaban J connectivity index is 3.07. The number of allylic oxidation sites excluding steroid dienone is 1. The molecule has 1 nitrogen and oxygen atoms in total. The van der Waals surface area contributed by atoms with E-state index in [0.717, 1.165) is 5.56 Å². The molecule has 1 aromatic carbocycles. The third kappa shape index (κ3) is 2.67. The fourth-order valence-corrected chi connectivity index (χ4v) is 1.30. The Bertz CT molecular complexity index is 373. The van der Waals surface area contributed by atoms with Crippen molar-refractivity contribution < 1.29 is 9.18 Å². The first-order chi connectivity index (χ1) is 6.50. The zero-order chi connectivity index (χ0) is 10.7. The summed E-state index contributed by atoms with van der Waals surface area (Å²) in [7, 11) is 0. The number of benzene rings is 1. The number of aryl methyl sites for hydroxylation is 2. The van der Waals surface area contributed by atoms with E-state index < -0.39 is 5.24 Å². The fourth-order valence-electron chi connectivity index (χ4n) is 1.24. The van der Waals surface area contributed by atoms with Gasteiger partial charge >= 0.3 is 0 Å². The van der Waals surface area contributed by atoms with Gasteiger partial charge in [-0.1, -0.05) is 6.08 Å². The number of carbonyl (C=O) groups is 1. The summed E-state index contributed by atoms with van der Waals surface area (Å²) in [6.45, 7) is 3.37. The van der Waals surface area contributed by atoms with Crippen molar-refractivity contribution in [2.45, 2.75) is 13.8 Å². The van der Waals surface area contributed by atoms with Crippen molar-refractivity contribution in [1.29, 1.82) is 0 Å². The zero-order valence-corrected chi connectivity index (χ0v) is 8.73. The largest absolute Gasteiger partial charge is 0.276 e. The molecule has 14 heavy (non-hydrogen) atoms. The highest BCUT2D eigenvalue weighted by Crippen LogP contribution is 2.15. The standard InChI is InChI=1S/C11H10ClFO/c1-7-5-9(3-4-10(12)14)6-8(2)11(7)13/h3-6H,1-2H3/b4-3+. The molecule has 1 rings (SSSR count). The highest BCUT2D eigenvalue weighted by molar-refractivity contribution is 6.66. The van der Waals surface area contributed by atoms with Crippen LogP contribution in [0.4, 0.5) is 4.39 Å². The number of hydrogen-bond donors (Lipinski definition) is 0. The van der Waals surface area contributed by atoms with Crippen LogP contribution in [-0.2, 0) is 4.79 Å². The first kappa shape index (κ1) is 10.9. The summed E-state index contributed by atoms with van der Waals surface area (Å²) in [5.41, 5.74) is 1.90. The molecule has 74 valence electrons. The fraction of sp³-hybridized carbons (Fsp3) is 0.182. The van der Waals surface area contributed by atoms with E-state index in [1.54, 1.807) is 32.1 Å². The quantitative estimate of drug-likeness (QED) is 0.544. The van der Waals surface area contributed by atoms with Crippen LogP contribution in [-0.4, -0.2) is 5.24 Å². The van der Waals surface area contributed by atoms with Gasteiger partial charge in [0, 0.05) is 0 Å². The molecule has 0 saturated carbocycles. The second-order valence-corrected chi connectivity index (χ2v) is 3.48. The van der Waals surface area contributed by atoms with Gasteiger partial charge in [-0.25, -0.2) is 4.39 Å². The number of halogens is 2. The molecule has 0 unspecified atom stereocenters. The van der Waals surface area contributed by atoms with Gasteiger partial charge in [0.25, 0.3) is 0 Å². The summed E-state index contributed by atoms with van der Waals surface area (Å²) in [5, 5.41) is -0.537.